The molecule has 1 amide bonds. The van der Waals surface area contributed by atoms with Crippen LogP contribution in [-0.2, 0) is 11.2 Å². The van der Waals surface area contributed by atoms with Crippen molar-refractivity contribution in [3.8, 4) is 11.5 Å². The van der Waals surface area contributed by atoms with Gasteiger partial charge >= 0.3 is 0 Å². The largest absolute Gasteiger partial charge is 0.493 e. The number of hydrogen-bond donors (Lipinski definition) is 0. The number of benzene rings is 1. The monoisotopic (exact) mass is 389 g/mol. The lowest BCUT2D eigenvalue weighted by Crippen LogP contribution is -2.53. The Balaban J connectivity index is 1.42. The van der Waals surface area contributed by atoms with Crippen molar-refractivity contribution in [1.82, 2.24) is 14.7 Å². The number of likely N-dealkylation sites (N-methyl/N-ethyl adjacent to an activating group) is 1. The molecular formula is C22H35N3O3. The molecule has 2 heterocycles. The quantitative estimate of drug-likeness (QED) is 0.716. The highest BCUT2D eigenvalue weighted by Crippen LogP contribution is 2.28. The Morgan fingerprint density at radius 1 is 1.04 bits per heavy atom. The molecule has 0 bridgehead atoms. The number of carbonyl (C=O) groups is 1. The van der Waals surface area contributed by atoms with Gasteiger partial charge < -0.3 is 19.3 Å². The van der Waals surface area contributed by atoms with E-state index in [2.05, 4.69) is 16.8 Å². The molecule has 2 fully saturated rings. The molecule has 0 aromatic heterocycles. The Morgan fingerprint density at radius 2 is 1.79 bits per heavy atom. The number of nitrogens with zero attached hydrogens (tertiary/aromatic N) is 3. The third-order valence-corrected chi connectivity index (χ3v) is 6.19. The first-order valence-corrected chi connectivity index (χ1v) is 10.5. The van der Waals surface area contributed by atoms with E-state index in [0.717, 1.165) is 50.5 Å². The average molecular weight is 390 g/mol. The van der Waals surface area contributed by atoms with Gasteiger partial charge in [0.1, 0.15) is 0 Å². The maximum atomic E-state index is 12.6. The number of amides is 1. The highest BCUT2D eigenvalue weighted by Gasteiger charge is 2.25. The summed E-state index contributed by atoms with van der Waals surface area (Å²) in [7, 11) is 5.52. The SMILES string of the molecule is COc1ccc(CCC(=O)N2CCN(CC3CCCCN3C)CC2)cc1OC. The second kappa shape index (κ2) is 10.1. The highest BCUT2D eigenvalue weighted by molar-refractivity contribution is 5.76. The predicted octanol–water partition coefficient (Wildman–Crippen LogP) is 2.26. The fourth-order valence-electron chi connectivity index (χ4n) is 4.30. The van der Waals surface area contributed by atoms with Gasteiger partial charge in [0.05, 0.1) is 14.2 Å². The van der Waals surface area contributed by atoms with Gasteiger partial charge in [-0.3, -0.25) is 9.69 Å². The van der Waals surface area contributed by atoms with Crippen LogP contribution in [0.3, 0.4) is 0 Å². The molecule has 1 atom stereocenters. The molecular weight excluding hydrogens is 354 g/mol. The van der Waals surface area contributed by atoms with Crippen LogP contribution in [0.25, 0.3) is 0 Å². The van der Waals surface area contributed by atoms with Crippen LogP contribution in [0.5, 0.6) is 11.5 Å². The zero-order valence-corrected chi connectivity index (χ0v) is 17.7. The first-order valence-electron chi connectivity index (χ1n) is 10.5. The second-order valence-electron chi connectivity index (χ2n) is 8.00. The Bertz CT molecular complexity index is 644. The highest BCUT2D eigenvalue weighted by atomic mass is 16.5. The maximum absolute atomic E-state index is 12.6. The molecule has 0 aliphatic carbocycles. The molecule has 2 aliphatic rings. The Morgan fingerprint density at radius 3 is 2.46 bits per heavy atom. The van der Waals surface area contributed by atoms with Crippen LogP contribution in [0, 0.1) is 0 Å². The molecule has 2 aliphatic heterocycles. The molecule has 0 N–H and O–H groups in total. The van der Waals surface area contributed by atoms with Crippen molar-refractivity contribution < 1.29 is 14.3 Å². The van der Waals surface area contributed by atoms with E-state index in [9.17, 15) is 4.79 Å². The molecule has 2 saturated heterocycles. The van der Waals surface area contributed by atoms with Crippen molar-refractivity contribution in [1.29, 1.82) is 0 Å². The van der Waals surface area contributed by atoms with Gasteiger partial charge in [-0.15, -0.1) is 0 Å². The lowest BCUT2D eigenvalue weighted by atomic mass is 10.0. The molecule has 1 unspecified atom stereocenters. The number of piperidine rings is 1. The summed E-state index contributed by atoms with van der Waals surface area (Å²) in [6.07, 6.45) is 5.26. The third-order valence-electron chi connectivity index (χ3n) is 6.19. The lowest BCUT2D eigenvalue weighted by molar-refractivity contribution is -0.133. The van der Waals surface area contributed by atoms with Crippen molar-refractivity contribution in [3.63, 3.8) is 0 Å². The first-order chi connectivity index (χ1) is 13.6. The number of piperazine rings is 1. The van der Waals surface area contributed by atoms with E-state index in [1.165, 1.54) is 25.8 Å². The van der Waals surface area contributed by atoms with Gasteiger partial charge in [0.25, 0.3) is 0 Å². The zero-order valence-electron chi connectivity index (χ0n) is 17.7. The van der Waals surface area contributed by atoms with Gasteiger partial charge in [-0.05, 0) is 50.6 Å². The van der Waals surface area contributed by atoms with E-state index < -0.39 is 0 Å². The normalized spacial score (nSPS) is 21.5. The number of carbonyl (C=O) groups excluding carboxylic acids is 1. The Kier molecular flexibility index (Phi) is 7.57. The molecule has 6 nitrogen and oxygen atoms in total. The Hall–Kier alpha value is -1.79. The number of rotatable bonds is 7. The van der Waals surface area contributed by atoms with E-state index in [4.69, 9.17) is 9.47 Å². The average Bonchev–Trinajstić information content (AvgIpc) is 2.74. The van der Waals surface area contributed by atoms with Crippen LogP contribution in [0.4, 0.5) is 0 Å². The minimum absolute atomic E-state index is 0.254. The van der Waals surface area contributed by atoms with Gasteiger partial charge in [-0.25, -0.2) is 0 Å². The summed E-state index contributed by atoms with van der Waals surface area (Å²) in [4.78, 5) is 19.7. The lowest BCUT2D eigenvalue weighted by Gasteiger charge is -2.40. The van der Waals surface area contributed by atoms with Crippen LogP contribution in [0.1, 0.15) is 31.2 Å². The molecule has 6 heteroatoms. The molecule has 3 rings (SSSR count). The van der Waals surface area contributed by atoms with Crippen LogP contribution in [0.2, 0.25) is 0 Å². The summed E-state index contributed by atoms with van der Waals surface area (Å²) >= 11 is 0. The van der Waals surface area contributed by atoms with E-state index in [-0.39, 0.29) is 5.91 Å². The number of likely N-dealkylation sites (tertiary alicyclic amines) is 1. The number of hydrogen-bond acceptors (Lipinski definition) is 5. The van der Waals surface area contributed by atoms with Crippen molar-refractivity contribution in [2.75, 3.05) is 60.5 Å². The summed E-state index contributed by atoms with van der Waals surface area (Å²) in [5, 5.41) is 0. The second-order valence-corrected chi connectivity index (χ2v) is 8.00. The molecule has 0 saturated carbocycles. The number of aryl methyl sites for hydroxylation is 1. The zero-order chi connectivity index (χ0) is 19.9. The molecule has 28 heavy (non-hydrogen) atoms. The molecule has 1 aromatic rings. The van der Waals surface area contributed by atoms with Gasteiger partial charge in [-0.1, -0.05) is 12.5 Å². The number of ether oxygens (including phenoxy) is 2. The fraction of sp³-hybridized carbons (Fsp3) is 0.682. The van der Waals surface area contributed by atoms with Crippen molar-refractivity contribution in [3.05, 3.63) is 23.8 Å². The van der Waals surface area contributed by atoms with Gasteiger partial charge in [-0.2, -0.15) is 0 Å². The summed E-state index contributed by atoms with van der Waals surface area (Å²) in [6, 6.07) is 6.55. The molecule has 1 aromatic carbocycles. The molecule has 156 valence electrons. The third kappa shape index (κ3) is 5.39. The summed E-state index contributed by atoms with van der Waals surface area (Å²) in [5.74, 6) is 1.69. The van der Waals surface area contributed by atoms with Crippen LogP contribution in [0.15, 0.2) is 18.2 Å². The van der Waals surface area contributed by atoms with E-state index in [1.807, 2.05) is 23.1 Å². The summed E-state index contributed by atoms with van der Waals surface area (Å²) in [5.41, 5.74) is 1.10. The minimum Gasteiger partial charge on any atom is -0.493 e. The van der Waals surface area contributed by atoms with E-state index >= 15 is 0 Å². The standard InChI is InChI=1S/C22H35N3O3/c1-23-11-5-4-6-19(23)17-24-12-14-25(15-13-24)22(26)10-8-18-7-9-20(27-2)21(16-18)28-3/h7,9,16,19H,4-6,8,10-15,17H2,1-3H3. The van der Waals surface area contributed by atoms with Gasteiger partial charge in [0.2, 0.25) is 5.91 Å². The molecule has 0 radical (unpaired) electrons. The van der Waals surface area contributed by atoms with E-state index in [0.29, 0.717) is 18.2 Å². The first kappa shape index (κ1) is 20.9. The Labute approximate surface area is 169 Å². The van der Waals surface area contributed by atoms with Crippen molar-refractivity contribution in [2.45, 2.75) is 38.1 Å². The van der Waals surface area contributed by atoms with Crippen LogP contribution in [-0.4, -0.2) is 87.2 Å². The summed E-state index contributed by atoms with van der Waals surface area (Å²) < 4.78 is 10.6. The topological polar surface area (TPSA) is 45.2 Å². The van der Waals surface area contributed by atoms with Gasteiger partial charge in [0.15, 0.2) is 11.5 Å². The summed E-state index contributed by atoms with van der Waals surface area (Å²) in [6.45, 7) is 6.05. The number of methoxy groups -OCH3 is 2. The van der Waals surface area contributed by atoms with E-state index in [1.54, 1.807) is 14.2 Å². The van der Waals surface area contributed by atoms with Crippen molar-refractivity contribution in [2.24, 2.45) is 0 Å². The van der Waals surface area contributed by atoms with Crippen LogP contribution >= 0.6 is 0 Å². The smallest absolute Gasteiger partial charge is 0.222 e. The predicted molar refractivity (Wildman–Crippen MR) is 111 cm³/mol. The molecule has 0 spiro atoms. The van der Waals surface area contributed by atoms with Crippen molar-refractivity contribution >= 4 is 5.91 Å². The maximum Gasteiger partial charge on any atom is 0.222 e. The fourth-order valence-corrected chi connectivity index (χ4v) is 4.30. The minimum atomic E-state index is 0.254. The van der Waals surface area contributed by atoms with Gasteiger partial charge in [0, 0.05) is 45.2 Å². The van der Waals surface area contributed by atoms with Crippen LogP contribution < -0.4 is 9.47 Å².